The molecule has 3 rings (SSSR count). The van der Waals surface area contributed by atoms with Crippen molar-refractivity contribution in [1.82, 2.24) is 19.8 Å². The molecule has 0 bridgehead atoms. The van der Waals surface area contributed by atoms with Gasteiger partial charge >= 0.3 is 0 Å². The van der Waals surface area contributed by atoms with Crippen molar-refractivity contribution in [2.75, 3.05) is 19.7 Å². The Morgan fingerprint density at radius 1 is 1.36 bits per heavy atom. The summed E-state index contributed by atoms with van der Waals surface area (Å²) in [6, 6.07) is 9.93. The first kappa shape index (κ1) is 17.6. The Hall–Kier alpha value is -2.18. The molecule has 1 aliphatic heterocycles. The molecule has 0 spiro atoms. The van der Waals surface area contributed by atoms with Crippen LogP contribution in [0.25, 0.3) is 0 Å². The molecule has 1 aromatic carbocycles. The molecule has 25 heavy (non-hydrogen) atoms. The van der Waals surface area contributed by atoms with Gasteiger partial charge in [0.05, 0.1) is 19.3 Å². The molecule has 6 nitrogen and oxygen atoms in total. The Balaban J connectivity index is 1.74. The molecule has 2 aromatic rings. The first-order valence-corrected chi connectivity index (χ1v) is 8.71. The number of hydrogen-bond donors (Lipinski definition) is 1. The Labute approximate surface area is 148 Å². The summed E-state index contributed by atoms with van der Waals surface area (Å²) in [5.74, 6) is 0.820. The van der Waals surface area contributed by atoms with Crippen LogP contribution >= 0.6 is 0 Å². The molecule has 1 fully saturated rings. The van der Waals surface area contributed by atoms with E-state index in [0.29, 0.717) is 13.2 Å². The Morgan fingerprint density at radius 2 is 2.12 bits per heavy atom. The maximum absolute atomic E-state index is 12.7. The lowest BCUT2D eigenvalue weighted by atomic mass is 10.1. The van der Waals surface area contributed by atoms with Crippen LogP contribution < -0.4 is 5.32 Å². The van der Waals surface area contributed by atoms with Crippen molar-refractivity contribution in [1.29, 1.82) is 0 Å². The number of amides is 1. The summed E-state index contributed by atoms with van der Waals surface area (Å²) in [4.78, 5) is 19.3. The molecule has 1 amide bonds. The molecule has 0 radical (unpaired) electrons. The second-order valence-corrected chi connectivity index (χ2v) is 6.73. The number of rotatable bonds is 5. The molecule has 0 saturated carbocycles. The summed E-state index contributed by atoms with van der Waals surface area (Å²) < 4.78 is 7.58. The average Bonchev–Trinajstić information content (AvgIpc) is 3.02. The molecular weight excluding hydrogens is 316 g/mol. The third-order valence-electron chi connectivity index (χ3n) is 4.64. The quantitative estimate of drug-likeness (QED) is 0.899. The van der Waals surface area contributed by atoms with Gasteiger partial charge in [0, 0.05) is 32.0 Å². The van der Waals surface area contributed by atoms with Crippen LogP contribution in [0, 0.1) is 0 Å². The molecule has 3 atom stereocenters. The molecular formula is C19H26N4O2. The van der Waals surface area contributed by atoms with Crippen LogP contribution in [0.3, 0.4) is 0 Å². The van der Waals surface area contributed by atoms with Crippen LogP contribution in [0.4, 0.5) is 0 Å². The van der Waals surface area contributed by atoms with Gasteiger partial charge in [0.2, 0.25) is 5.91 Å². The number of hydrogen-bond acceptors (Lipinski definition) is 4. The monoisotopic (exact) mass is 342 g/mol. The highest BCUT2D eigenvalue weighted by atomic mass is 16.5. The maximum Gasteiger partial charge on any atom is 0.235 e. The molecule has 2 heterocycles. The number of imidazole rings is 1. The topological polar surface area (TPSA) is 59.4 Å². The van der Waals surface area contributed by atoms with Crippen molar-refractivity contribution >= 4 is 5.91 Å². The average molecular weight is 342 g/mol. The van der Waals surface area contributed by atoms with E-state index in [1.165, 1.54) is 0 Å². The number of aromatic nitrogens is 2. The fourth-order valence-corrected chi connectivity index (χ4v) is 3.18. The van der Waals surface area contributed by atoms with E-state index in [0.717, 1.165) is 17.9 Å². The van der Waals surface area contributed by atoms with Crippen molar-refractivity contribution in [2.24, 2.45) is 7.05 Å². The van der Waals surface area contributed by atoms with E-state index in [1.54, 1.807) is 6.20 Å². The normalized spacial score (nSPS) is 22.5. The van der Waals surface area contributed by atoms with Crippen LogP contribution in [0.5, 0.6) is 0 Å². The van der Waals surface area contributed by atoms with Crippen LogP contribution in [-0.2, 0) is 16.6 Å². The number of aryl methyl sites for hydroxylation is 1. The number of nitrogens with one attached hydrogen (secondary N) is 1. The zero-order valence-electron chi connectivity index (χ0n) is 15.1. The lowest BCUT2D eigenvalue weighted by Gasteiger charge is -2.36. The standard InChI is InChI=1S/C19H26N4O2/c1-14-13-25-15(2)11-23(14)12-17(24)21-18(16-7-5-4-6-8-16)19-20-9-10-22(19)3/h4-10,14-15,18H,11-13H2,1-3H3,(H,21,24)/t14-,15+,18-/m0/s1. The number of benzene rings is 1. The minimum atomic E-state index is -0.262. The van der Waals surface area contributed by atoms with Crippen LogP contribution in [-0.4, -0.2) is 52.2 Å². The molecule has 1 aliphatic rings. The molecule has 1 N–H and O–H groups in total. The van der Waals surface area contributed by atoms with E-state index in [2.05, 4.69) is 22.1 Å². The number of ether oxygens (including phenoxy) is 1. The maximum atomic E-state index is 12.7. The van der Waals surface area contributed by atoms with E-state index in [4.69, 9.17) is 4.74 Å². The van der Waals surface area contributed by atoms with Gasteiger partial charge in [-0.3, -0.25) is 9.69 Å². The fraction of sp³-hybridized carbons (Fsp3) is 0.474. The van der Waals surface area contributed by atoms with E-state index in [1.807, 2.05) is 55.1 Å². The molecule has 1 aromatic heterocycles. The minimum absolute atomic E-state index is 0.00203. The van der Waals surface area contributed by atoms with E-state index in [9.17, 15) is 4.79 Å². The molecule has 0 aliphatic carbocycles. The highest BCUT2D eigenvalue weighted by molar-refractivity contribution is 5.79. The zero-order chi connectivity index (χ0) is 17.8. The van der Waals surface area contributed by atoms with Gasteiger partial charge in [0.25, 0.3) is 0 Å². The van der Waals surface area contributed by atoms with Gasteiger partial charge in [0.1, 0.15) is 11.9 Å². The lowest BCUT2D eigenvalue weighted by Crippen LogP contribution is -2.51. The fourth-order valence-electron chi connectivity index (χ4n) is 3.18. The highest BCUT2D eigenvalue weighted by Crippen LogP contribution is 2.20. The van der Waals surface area contributed by atoms with Gasteiger partial charge < -0.3 is 14.6 Å². The number of carbonyl (C=O) groups excluding carboxylic acids is 1. The molecule has 6 heteroatoms. The Kier molecular flexibility index (Phi) is 5.50. The Bertz CT molecular complexity index is 700. The van der Waals surface area contributed by atoms with E-state index >= 15 is 0 Å². The largest absolute Gasteiger partial charge is 0.376 e. The number of morpholine rings is 1. The lowest BCUT2D eigenvalue weighted by molar-refractivity contribution is -0.126. The van der Waals surface area contributed by atoms with Crippen LogP contribution in [0.1, 0.15) is 31.3 Å². The first-order valence-electron chi connectivity index (χ1n) is 8.71. The zero-order valence-corrected chi connectivity index (χ0v) is 15.1. The first-order chi connectivity index (χ1) is 12.0. The van der Waals surface area contributed by atoms with Gasteiger partial charge in [-0.05, 0) is 19.4 Å². The molecule has 134 valence electrons. The van der Waals surface area contributed by atoms with E-state index in [-0.39, 0.29) is 24.1 Å². The summed E-state index contributed by atoms with van der Waals surface area (Å²) in [7, 11) is 1.94. The highest BCUT2D eigenvalue weighted by Gasteiger charge is 2.27. The summed E-state index contributed by atoms with van der Waals surface area (Å²) in [6.07, 6.45) is 3.80. The molecule has 1 saturated heterocycles. The van der Waals surface area contributed by atoms with Gasteiger partial charge in [-0.15, -0.1) is 0 Å². The predicted molar refractivity (Wildman–Crippen MR) is 96.1 cm³/mol. The number of nitrogens with zero attached hydrogens (tertiary/aromatic N) is 3. The predicted octanol–water partition coefficient (Wildman–Crippen LogP) is 1.73. The third-order valence-corrected chi connectivity index (χ3v) is 4.64. The van der Waals surface area contributed by atoms with Gasteiger partial charge in [-0.1, -0.05) is 30.3 Å². The third kappa shape index (κ3) is 4.27. The summed E-state index contributed by atoms with van der Waals surface area (Å²) in [5.41, 5.74) is 1.02. The SMILES string of the molecule is C[C@@H]1CN(CC(=O)N[C@@H](c2ccccc2)c2nccn2C)[C@@H](C)CO1. The second-order valence-electron chi connectivity index (χ2n) is 6.73. The summed E-state index contributed by atoms with van der Waals surface area (Å²) in [6.45, 7) is 5.93. The van der Waals surface area contributed by atoms with Crippen molar-refractivity contribution in [3.05, 3.63) is 54.1 Å². The van der Waals surface area contributed by atoms with Gasteiger partial charge in [-0.2, -0.15) is 0 Å². The summed E-state index contributed by atoms with van der Waals surface area (Å²) >= 11 is 0. The van der Waals surface area contributed by atoms with Crippen molar-refractivity contribution < 1.29 is 9.53 Å². The summed E-state index contributed by atoms with van der Waals surface area (Å²) in [5, 5.41) is 3.15. The Morgan fingerprint density at radius 3 is 2.80 bits per heavy atom. The second kappa shape index (κ2) is 7.80. The van der Waals surface area contributed by atoms with Gasteiger partial charge in [-0.25, -0.2) is 4.98 Å². The minimum Gasteiger partial charge on any atom is -0.376 e. The smallest absolute Gasteiger partial charge is 0.235 e. The van der Waals surface area contributed by atoms with Crippen LogP contribution in [0.15, 0.2) is 42.7 Å². The van der Waals surface area contributed by atoms with Crippen molar-refractivity contribution in [3.8, 4) is 0 Å². The van der Waals surface area contributed by atoms with E-state index < -0.39 is 0 Å². The van der Waals surface area contributed by atoms with Crippen molar-refractivity contribution in [3.63, 3.8) is 0 Å². The van der Waals surface area contributed by atoms with Crippen LogP contribution in [0.2, 0.25) is 0 Å². The van der Waals surface area contributed by atoms with Gasteiger partial charge in [0.15, 0.2) is 0 Å². The van der Waals surface area contributed by atoms with Crippen molar-refractivity contribution in [2.45, 2.75) is 32.0 Å². The number of carbonyl (C=O) groups is 1. The molecule has 0 unspecified atom stereocenters.